The van der Waals surface area contributed by atoms with E-state index in [1.54, 1.807) is 44.2 Å². The molecule has 0 aliphatic carbocycles. The molecule has 1 aromatic heterocycles. The second-order valence-electron chi connectivity index (χ2n) is 5.75. The van der Waals surface area contributed by atoms with E-state index in [0.717, 1.165) is 0 Å². The molecule has 0 spiro atoms. The van der Waals surface area contributed by atoms with Gasteiger partial charge in [0, 0.05) is 18.2 Å². The average Bonchev–Trinajstić information content (AvgIpc) is 2.55. The smallest absolute Gasteiger partial charge is 0.330 e. The van der Waals surface area contributed by atoms with E-state index in [1.807, 2.05) is 18.2 Å². The summed E-state index contributed by atoms with van der Waals surface area (Å²) in [5.74, 6) is -0.407. The molecule has 0 saturated heterocycles. The maximum Gasteiger partial charge on any atom is 0.330 e. The van der Waals surface area contributed by atoms with Gasteiger partial charge < -0.3 is 15.2 Å². The van der Waals surface area contributed by atoms with Crippen molar-refractivity contribution in [3.05, 3.63) is 54.2 Å². The monoisotopic (exact) mass is 328 g/mol. The molecular weight excluding hydrogens is 308 g/mol. The summed E-state index contributed by atoms with van der Waals surface area (Å²) < 4.78 is 5.67. The molecular formula is C18H20N2O4. The number of benzene rings is 1. The van der Waals surface area contributed by atoms with Gasteiger partial charge in [-0.15, -0.1) is 0 Å². The van der Waals surface area contributed by atoms with Crippen LogP contribution in [0.4, 0.5) is 0 Å². The molecule has 1 amide bonds. The van der Waals surface area contributed by atoms with Gasteiger partial charge in [0.2, 0.25) is 12.3 Å². The van der Waals surface area contributed by atoms with Crippen molar-refractivity contribution in [1.29, 1.82) is 0 Å². The molecule has 0 saturated carbocycles. The third-order valence-electron chi connectivity index (χ3n) is 3.89. The molecule has 2 N–H and O–H groups in total. The van der Waals surface area contributed by atoms with E-state index in [-0.39, 0.29) is 12.3 Å². The van der Waals surface area contributed by atoms with Crippen LogP contribution in [0, 0.1) is 5.92 Å². The molecule has 0 aliphatic rings. The quantitative estimate of drug-likeness (QED) is 0.727. The Bertz CT molecular complexity index is 703. The van der Waals surface area contributed by atoms with Crippen molar-refractivity contribution in [2.75, 3.05) is 0 Å². The first-order valence-electron chi connectivity index (χ1n) is 7.61. The van der Waals surface area contributed by atoms with Gasteiger partial charge in [0.25, 0.3) is 0 Å². The van der Waals surface area contributed by atoms with Crippen molar-refractivity contribution in [2.24, 2.45) is 5.92 Å². The number of hydrogen-bond acceptors (Lipinski definition) is 4. The summed E-state index contributed by atoms with van der Waals surface area (Å²) in [5.41, 5.74) is -0.894. The summed E-state index contributed by atoms with van der Waals surface area (Å²) >= 11 is 0. The number of pyridine rings is 1. The van der Waals surface area contributed by atoms with Gasteiger partial charge in [-0.3, -0.25) is 4.79 Å². The lowest BCUT2D eigenvalue weighted by Crippen LogP contribution is -2.57. The highest BCUT2D eigenvalue weighted by molar-refractivity contribution is 5.82. The predicted octanol–water partition coefficient (Wildman–Crippen LogP) is 2.64. The second kappa shape index (κ2) is 7.59. The average molecular weight is 328 g/mol. The Morgan fingerprint density at radius 1 is 1.25 bits per heavy atom. The minimum Gasteiger partial charge on any atom is -0.479 e. The first-order valence-corrected chi connectivity index (χ1v) is 7.61. The van der Waals surface area contributed by atoms with Crippen LogP contribution in [0.15, 0.2) is 48.5 Å². The summed E-state index contributed by atoms with van der Waals surface area (Å²) in [6, 6.07) is 14.3. The maximum absolute atomic E-state index is 11.8. The van der Waals surface area contributed by atoms with Crippen LogP contribution in [-0.2, 0) is 16.0 Å². The number of carboxylic acid groups (broad SMARTS) is 1. The molecule has 1 heterocycles. The third kappa shape index (κ3) is 3.90. The van der Waals surface area contributed by atoms with Gasteiger partial charge in [-0.25, -0.2) is 9.78 Å². The van der Waals surface area contributed by atoms with E-state index < -0.39 is 11.5 Å². The molecule has 2 rings (SSSR count). The molecule has 126 valence electrons. The van der Waals surface area contributed by atoms with Crippen LogP contribution in [0.2, 0.25) is 0 Å². The van der Waals surface area contributed by atoms with Gasteiger partial charge in [-0.05, 0) is 24.1 Å². The second-order valence-corrected chi connectivity index (χ2v) is 5.75. The lowest BCUT2D eigenvalue weighted by molar-refractivity contribution is -0.148. The van der Waals surface area contributed by atoms with Gasteiger partial charge in [-0.1, -0.05) is 38.1 Å². The van der Waals surface area contributed by atoms with Crippen LogP contribution in [-0.4, -0.2) is 28.0 Å². The number of ether oxygens (including phenoxy) is 1. The number of rotatable bonds is 8. The highest BCUT2D eigenvalue weighted by Crippen LogP contribution is 2.24. The number of hydrogen-bond donors (Lipinski definition) is 2. The van der Waals surface area contributed by atoms with E-state index >= 15 is 0 Å². The maximum atomic E-state index is 11.8. The Hall–Kier alpha value is -2.89. The minimum absolute atomic E-state index is 0.0602. The zero-order valence-corrected chi connectivity index (χ0v) is 13.6. The molecule has 2 aromatic rings. The van der Waals surface area contributed by atoms with E-state index in [0.29, 0.717) is 23.7 Å². The summed E-state index contributed by atoms with van der Waals surface area (Å²) in [6.07, 6.45) is 0.475. The van der Waals surface area contributed by atoms with Crippen LogP contribution in [0.5, 0.6) is 11.6 Å². The number of amides is 1. The predicted molar refractivity (Wildman–Crippen MR) is 88.9 cm³/mol. The van der Waals surface area contributed by atoms with Crippen LogP contribution in [0.1, 0.15) is 19.5 Å². The Morgan fingerprint density at radius 2 is 1.96 bits per heavy atom. The Labute approximate surface area is 140 Å². The van der Waals surface area contributed by atoms with Crippen molar-refractivity contribution in [3.8, 4) is 11.6 Å². The molecule has 0 fully saturated rings. The lowest BCUT2D eigenvalue weighted by Gasteiger charge is -2.32. The van der Waals surface area contributed by atoms with E-state index in [1.165, 1.54) is 0 Å². The Kier molecular flexibility index (Phi) is 5.52. The number of nitrogens with one attached hydrogen (secondary N) is 1. The fourth-order valence-corrected chi connectivity index (χ4v) is 2.42. The number of nitrogens with zero attached hydrogens (tertiary/aromatic N) is 1. The van der Waals surface area contributed by atoms with Gasteiger partial charge in [0.15, 0.2) is 0 Å². The van der Waals surface area contributed by atoms with Crippen molar-refractivity contribution >= 4 is 12.4 Å². The molecule has 0 bridgehead atoms. The molecule has 1 atom stereocenters. The molecule has 24 heavy (non-hydrogen) atoms. The molecule has 1 aromatic carbocycles. The zero-order chi connectivity index (χ0) is 17.6. The largest absolute Gasteiger partial charge is 0.479 e. The molecule has 6 nitrogen and oxygen atoms in total. The van der Waals surface area contributed by atoms with Crippen LogP contribution in [0.25, 0.3) is 0 Å². The van der Waals surface area contributed by atoms with Crippen LogP contribution < -0.4 is 10.1 Å². The van der Waals surface area contributed by atoms with Gasteiger partial charge in [0.05, 0.1) is 0 Å². The van der Waals surface area contributed by atoms with E-state index in [2.05, 4.69) is 10.3 Å². The first kappa shape index (κ1) is 17.5. The van der Waals surface area contributed by atoms with Gasteiger partial charge in [0.1, 0.15) is 11.3 Å². The number of aromatic nitrogens is 1. The van der Waals surface area contributed by atoms with Gasteiger partial charge in [-0.2, -0.15) is 0 Å². The lowest BCUT2D eigenvalue weighted by atomic mass is 9.82. The van der Waals surface area contributed by atoms with Crippen molar-refractivity contribution in [3.63, 3.8) is 0 Å². The summed E-state index contributed by atoms with van der Waals surface area (Å²) in [6.45, 7) is 3.49. The molecule has 1 unspecified atom stereocenters. The number of para-hydroxylation sites is 1. The van der Waals surface area contributed by atoms with E-state index in [4.69, 9.17) is 4.74 Å². The fourth-order valence-electron chi connectivity index (χ4n) is 2.42. The van der Waals surface area contributed by atoms with Crippen molar-refractivity contribution < 1.29 is 19.4 Å². The number of carbonyl (C=O) groups is 2. The summed E-state index contributed by atoms with van der Waals surface area (Å²) in [4.78, 5) is 27.0. The number of carbonyl (C=O) groups excluding carboxylic acids is 1. The first-order chi connectivity index (χ1) is 11.5. The van der Waals surface area contributed by atoms with Crippen molar-refractivity contribution in [2.45, 2.75) is 25.8 Å². The Morgan fingerprint density at radius 3 is 2.54 bits per heavy atom. The Balaban J connectivity index is 2.26. The third-order valence-corrected chi connectivity index (χ3v) is 3.89. The molecule has 0 aliphatic heterocycles. The summed E-state index contributed by atoms with van der Waals surface area (Å²) in [7, 11) is 0. The van der Waals surface area contributed by atoms with E-state index in [9.17, 15) is 14.7 Å². The number of aliphatic carboxylic acids is 1. The molecule has 6 heteroatoms. The highest BCUT2D eigenvalue weighted by atomic mass is 16.5. The minimum atomic E-state index is -1.42. The SMILES string of the molecule is CC(C)C(Cc1cccc(Oc2ccccc2)n1)(NC=O)C(=O)O. The summed E-state index contributed by atoms with van der Waals surface area (Å²) in [5, 5.41) is 12.1. The standard InChI is InChI=1S/C18H20N2O4/c1-13(2)18(17(22)23,19-12-21)11-14-7-6-10-16(20-14)24-15-8-4-3-5-9-15/h3-10,12-13H,11H2,1-2H3,(H,19,21)(H,22,23). The normalized spacial score (nSPS) is 13.1. The highest BCUT2D eigenvalue weighted by Gasteiger charge is 2.42. The van der Waals surface area contributed by atoms with Crippen LogP contribution in [0.3, 0.4) is 0 Å². The number of carboxylic acids is 1. The zero-order valence-electron chi connectivity index (χ0n) is 13.6. The fraction of sp³-hybridized carbons (Fsp3) is 0.278. The van der Waals surface area contributed by atoms with Gasteiger partial charge >= 0.3 is 5.97 Å². The topological polar surface area (TPSA) is 88.5 Å². The molecule has 0 radical (unpaired) electrons. The van der Waals surface area contributed by atoms with Crippen LogP contribution >= 0.6 is 0 Å². The van der Waals surface area contributed by atoms with Crippen molar-refractivity contribution in [1.82, 2.24) is 10.3 Å².